The van der Waals surface area contributed by atoms with E-state index >= 15 is 0 Å². The van der Waals surface area contributed by atoms with Gasteiger partial charge in [-0.1, -0.05) is 18.2 Å². The lowest BCUT2D eigenvalue weighted by molar-refractivity contribution is 0.0948. The van der Waals surface area contributed by atoms with Crippen molar-refractivity contribution in [2.75, 3.05) is 5.32 Å². The second kappa shape index (κ2) is 8.65. The fourth-order valence-electron chi connectivity index (χ4n) is 3.51. The highest BCUT2D eigenvalue weighted by atomic mass is 16.3. The zero-order chi connectivity index (χ0) is 20.1. The van der Waals surface area contributed by atoms with Gasteiger partial charge < -0.3 is 20.8 Å². The molecule has 0 radical (unpaired) electrons. The Kier molecular flexibility index (Phi) is 5.61. The number of rotatable bonds is 6. The van der Waals surface area contributed by atoms with Crippen LogP contribution < -0.4 is 16.4 Å². The van der Waals surface area contributed by atoms with E-state index in [0.29, 0.717) is 30.4 Å². The molecule has 0 saturated carbocycles. The van der Waals surface area contributed by atoms with E-state index in [1.807, 2.05) is 30.3 Å². The number of carbonyl (C=O) groups excluding carboxylic acids is 1. The van der Waals surface area contributed by atoms with Gasteiger partial charge in [-0.3, -0.25) is 4.79 Å². The van der Waals surface area contributed by atoms with E-state index in [4.69, 9.17) is 10.2 Å². The molecule has 1 amide bonds. The summed E-state index contributed by atoms with van der Waals surface area (Å²) in [5, 5.41) is 5.99. The molecule has 0 aliphatic heterocycles. The average Bonchev–Trinajstić information content (AvgIpc) is 3.42. The second-order valence-corrected chi connectivity index (χ2v) is 7.13. The van der Waals surface area contributed by atoms with E-state index in [0.717, 1.165) is 24.1 Å². The van der Waals surface area contributed by atoms with Gasteiger partial charge in [-0.15, -0.1) is 0 Å². The number of carbonyl (C=O) groups is 1. The fourth-order valence-corrected chi connectivity index (χ4v) is 3.51. The van der Waals surface area contributed by atoms with Gasteiger partial charge in [-0.2, -0.15) is 0 Å². The Morgan fingerprint density at radius 3 is 2.83 bits per heavy atom. The number of nitrogens with one attached hydrogen (secondary N) is 2. The van der Waals surface area contributed by atoms with Gasteiger partial charge in [-0.05, 0) is 72.4 Å². The zero-order valence-electron chi connectivity index (χ0n) is 16.2. The van der Waals surface area contributed by atoms with Gasteiger partial charge in [0, 0.05) is 11.3 Å². The lowest BCUT2D eigenvalue weighted by Crippen LogP contribution is -2.23. The molecule has 148 valence electrons. The number of hydrogen-bond acceptors (Lipinski definition) is 3. The quantitative estimate of drug-likeness (QED) is 0.444. The van der Waals surface area contributed by atoms with Crippen LogP contribution in [0.25, 0.3) is 0 Å². The maximum absolute atomic E-state index is 12.3. The summed E-state index contributed by atoms with van der Waals surface area (Å²) in [5.41, 5.74) is 11.3. The topological polar surface area (TPSA) is 92.6 Å². The molecule has 0 unspecified atom stereocenters. The molecule has 2 aromatic carbocycles. The van der Waals surface area contributed by atoms with Gasteiger partial charge in [0.1, 0.15) is 5.76 Å². The van der Waals surface area contributed by atoms with Crippen molar-refractivity contribution in [3.05, 3.63) is 88.9 Å². The molecule has 0 bridgehead atoms. The first-order valence-corrected chi connectivity index (χ1v) is 9.75. The summed E-state index contributed by atoms with van der Waals surface area (Å²) in [7, 11) is 0. The largest absolute Gasteiger partial charge is 0.467 e. The molecule has 3 aromatic rings. The Bertz CT molecular complexity index is 1030. The minimum absolute atomic E-state index is 0.156. The van der Waals surface area contributed by atoms with Gasteiger partial charge in [0.15, 0.2) is 5.96 Å². The molecule has 29 heavy (non-hydrogen) atoms. The fraction of sp³-hybridized carbons (Fsp3) is 0.217. The summed E-state index contributed by atoms with van der Waals surface area (Å²) >= 11 is 0. The van der Waals surface area contributed by atoms with Crippen molar-refractivity contribution in [2.24, 2.45) is 10.7 Å². The highest BCUT2D eigenvalue weighted by molar-refractivity contribution is 5.94. The van der Waals surface area contributed by atoms with Crippen LogP contribution in [0, 0.1) is 0 Å². The van der Waals surface area contributed by atoms with Crippen molar-refractivity contribution < 1.29 is 9.21 Å². The number of hydrogen-bond donors (Lipinski definition) is 3. The number of anilines is 1. The molecule has 0 fully saturated rings. The van der Waals surface area contributed by atoms with E-state index in [9.17, 15) is 4.79 Å². The monoisotopic (exact) mass is 388 g/mol. The van der Waals surface area contributed by atoms with Crippen molar-refractivity contribution in [1.29, 1.82) is 0 Å². The SMILES string of the molecule is NC(=NCc1cccc(C(=O)NCc2ccco2)c1)Nc1ccc2c(c1)CCC2. The number of guanidine groups is 1. The van der Waals surface area contributed by atoms with Crippen LogP contribution in [0.4, 0.5) is 5.69 Å². The van der Waals surface area contributed by atoms with Crippen LogP contribution in [0.5, 0.6) is 0 Å². The molecular formula is C23H24N4O2. The van der Waals surface area contributed by atoms with Crippen molar-refractivity contribution in [3.8, 4) is 0 Å². The minimum atomic E-state index is -0.156. The molecule has 6 heteroatoms. The third-order valence-electron chi connectivity index (χ3n) is 5.00. The first-order valence-electron chi connectivity index (χ1n) is 9.75. The summed E-state index contributed by atoms with van der Waals surface area (Å²) < 4.78 is 5.23. The van der Waals surface area contributed by atoms with E-state index in [-0.39, 0.29) is 5.91 Å². The third kappa shape index (κ3) is 4.85. The van der Waals surface area contributed by atoms with E-state index < -0.39 is 0 Å². The Balaban J connectivity index is 1.35. The van der Waals surface area contributed by atoms with E-state index in [2.05, 4.69) is 27.8 Å². The Labute approximate surface area is 169 Å². The maximum Gasteiger partial charge on any atom is 0.251 e. The number of nitrogens with two attached hydrogens (primary N) is 1. The second-order valence-electron chi connectivity index (χ2n) is 7.13. The number of aliphatic imine (C=N–C) groups is 1. The lowest BCUT2D eigenvalue weighted by atomic mass is 10.1. The molecular weight excluding hydrogens is 364 g/mol. The summed E-state index contributed by atoms with van der Waals surface area (Å²) in [6.07, 6.45) is 5.08. The number of nitrogens with zero attached hydrogens (tertiary/aromatic N) is 1. The molecule has 1 aliphatic carbocycles. The molecule has 4 N–H and O–H groups in total. The number of amides is 1. The number of aryl methyl sites for hydroxylation is 2. The van der Waals surface area contributed by atoms with E-state index in [1.165, 1.54) is 17.5 Å². The Hall–Kier alpha value is -3.54. The normalized spacial score (nSPS) is 13.2. The molecule has 0 spiro atoms. The summed E-state index contributed by atoms with van der Waals surface area (Å²) in [5.74, 6) is 0.914. The summed E-state index contributed by atoms with van der Waals surface area (Å²) in [4.78, 5) is 16.7. The first kappa shape index (κ1) is 18.8. The van der Waals surface area contributed by atoms with Gasteiger partial charge in [0.05, 0.1) is 19.4 Å². The standard InChI is InChI=1S/C23H24N4O2/c24-23(27-20-10-9-17-5-2-6-18(17)13-20)26-14-16-4-1-7-19(12-16)22(28)25-15-21-8-3-11-29-21/h1,3-4,7-13H,2,5-6,14-15H2,(H,25,28)(H3,24,26,27). The number of fused-ring (bicyclic) bond motifs is 1. The molecule has 1 aromatic heterocycles. The van der Waals surface area contributed by atoms with Crippen molar-refractivity contribution in [2.45, 2.75) is 32.4 Å². The van der Waals surface area contributed by atoms with Gasteiger partial charge in [-0.25, -0.2) is 4.99 Å². The summed E-state index contributed by atoms with van der Waals surface area (Å²) in [6.45, 7) is 0.745. The average molecular weight is 388 g/mol. The maximum atomic E-state index is 12.3. The smallest absolute Gasteiger partial charge is 0.251 e. The van der Waals surface area contributed by atoms with Crippen LogP contribution in [0.2, 0.25) is 0 Å². The highest BCUT2D eigenvalue weighted by Gasteiger charge is 2.11. The lowest BCUT2D eigenvalue weighted by Gasteiger charge is -2.08. The first-order chi connectivity index (χ1) is 14.2. The highest BCUT2D eigenvalue weighted by Crippen LogP contribution is 2.24. The predicted molar refractivity (Wildman–Crippen MR) is 114 cm³/mol. The summed E-state index contributed by atoms with van der Waals surface area (Å²) in [6, 6.07) is 17.3. The molecule has 1 heterocycles. The molecule has 0 atom stereocenters. The Morgan fingerprint density at radius 1 is 1.07 bits per heavy atom. The number of furan rings is 1. The van der Waals surface area contributed by atoms with Crippen LogP contribution in [0.3, 0.4) is 0 Å². The van der Waals surface area contributed by atoms with Crippen LogP contribution >= 0.6 is 0 Å². The minimum Gasteiger partial charge on any atom is -0.467 e. The van der Waals surface area contributed by atoms with E-state index in [1.54, 1.807) is 18.4 Å². The van der Waals surface area contributed by atoms with Crippen LogP contribution in [0.15, 0.2) is 70.3 Å². The Morgan fingerprint density at radius 2 is 1.97 bits per heavy atom. The number of benzene rings is 2. The zero-order valence-corrected chi connectivity index (χ0v) is 16.2. The van der Waals surface area contributed by atoms with Gasteiger partial charge in [0.2, 0.25) is 0 Å². The molecule has 1 aliphatic rings. The van der Waals surface area contributed by atoms with Crippen molar-refractivity contribution >= 4 is 17.6 Å². The van der Waals surface area contributed by atoms with Gasteiger partial charge in [0.25, 0.3) is 5.91 Å². The predicted octanol–water partition coefficient (Wildman–Crippen LogP) is 3.63. The molecule has 0 saturated heterocycles. The van der Waals surface area contributed by atoms with Crippen LogP contribution in [0.1, 0.15) is 39.2 Å². The molecule has 4 rings (SSSR count). The van der Waals surface area contributed by atoms with Crippen LogP contribution in [-0.4, -0.2) is 11.9 Å². The van der Waals surface area contributed by atoms with Crippen molar-refractivity contribution in [1.82, 2.24) is 5.32 Å². The van der Waals surface area contributed by atoms with Crippen LogP contribution in [-0.2, 0) is 25.9 Å². The van der Waals surface area contributed by atoms with Gasteiger partial charge >= 0.3 is 0 Å². The molecule has 6 nitrogen and oxygen atoms in total. The third-order valence-corrected chi connectivity index (χ3v) is 5.00. The van der Waals surface area contributed by atoms with Crippen molar-refractivity contribution in [3.63, 3.8) is 0 Å².